The van der Waals surface area contributed by atoms with Crippen molar-refractivity contribution >= 4 is 31.8 Å². The summed E-state index contributed by atoms with van der Waals surface area (Å²) in [6.07, 6.45) is -4.52. The Labute approximate surface area is 173 Å². The molecule has 1 N–H and O–H groups in total. The smallest absolute Gasteiger partial charge is 0.481 e. The molecule has 0 aliphatic carbocycles. The maximum absolute atomic E-state index is 12.6. The standard InChI is InChI=1S/C16H27O13P/c1-11(2)28-15(20)23-8-26-30(22,27-9-24-16(21)29-12(3)4)10-25-14(19)7-5-6-13(17)18/h11-12H,5-10H2,1-4H3,(H,17,18). The van der Waals surface area contributed by atoms with Gasteiger partial charge < -0.3 is 28.8 Å². The highest BCUT2D eigenvalue weighted by Crippen LogP contribution is 2.48. The fourth-order valence-corrected chi connectivity index (χ4v) is 2.43. The predicted molar refractivity (Wildman–Crippen MR) is 97.4 cm³/mol. The zero-order valence-electron chi connectivity index (χ0n) is 17.2. The summed E-state index contributed by atoms with van der Waals surface area (Å²) in [6.45, 7) is 4.58. The summed E-state index contributed by atoms with van der Waals surface area (Å²) < 4.78 is 45.5. The maximum Gasteiger partial charge on any atom is 0.510 e. The molecule has 0 rings (SSSR count). The van der Waals surface area contributed by atoms with Crippen molar-refractivity contribution < 1.29 is 61.6 Å². The van der Waals surface area contributed by atoms with Crippen molar-refractivity contribution in [2.24, 2.45) is 0 Å². The maximum atomic E-state index is 12.6. The molecule has 13 nitrogen and oxygen atoms in total. The van der Waals surface area contributed by atoms with Crippen LogP contribution in [0, 0.1) is 0 Å². The third-order valence-corrected chi connectivity index (χ3v) is 4.11. The first-order valence-corrected chi connectivity index (χ1v) is 10.6. The molecule has 0 spiro atoms. The van der Waals surface area contributed by atoms with Crippen LogP contribution in [-0.2, 0) is 46.9 Å². The van der Waals surface area contributed by atoms with Crippen molar-refractivity contribution in [3.8, 4) is 0 Å². The van der Waals surface area contributed by atoms with Gasteiger partial charge in [0.2, 0.25) is 13.6 Å². The second-order valence-electron chi connectivity index (χ2n) is 6.12. The lowest BCUT2D eigenvalue weighted by molar-refractivity contribution is -0.143. The molecule has 0 fully saturated rings. The van der Waals surface area contributed by atoms with Crippen LogP contribution < -0.4 is 0 Å². The Bertz CT molecular complexity index is 584. The fourth-order valence-electron chi connectivity index (χ4n) is 1.48. The van der Waals surface area contributed by atoms with E-state index in [-0.39, 0.29) is 19.3 Å². The Morgan fingerprint density at radius 3 is 1.67 bits per heavy atom. The van der Waals surface area contributed by atoms with Crippen LogP contribution in [0.2, 0.25) is 0 Å². The number of carboxylic acid groups (broad SMARTS) is 1. The molecule has 0 atom stereocenters. The van der Waals surface area contributed by atoms with Gasteiger partial charge in [0.25, 0.3) is 0 Å². The summed E-state index contributed by atoms with van der Waals surface area (Å²) in [6, 6.07) is 0. The van der Waals surface area contributed by atoms with Gasteiger partial charge in [-0.05, 0) is 34.1 Å². The zero-order chi connectivity index (χ0) is 23.2. The third kappa shape index (κ3) is 15.5. The van der Waals surface area contributed by atoms with Gasteiger partial charge in [-0.15, -0.1) is 0 Å². The number of hydrogen-bond donors (Lipinski definition) is 1. The molecule has 30 heavy (non-hydrogen) atoms. The Morgan fingerprint density at radius 2 is 1.27 bits per heavy atom. The van der Waals surface area contributed by atoms with Crippen LogP contribution in [-0.4, -0.2) is 61.5 Å². The van der Waals surface area contributed by atoms with E-state index in [2.05, 4.69) is 18.9 Å². The van der Waals surface area contributed by atoms with Crippen LogP contribution in [0.4, 0.5) is 9.59 Å². The average Bonchev–Trinajstić information content (AvgIpc) is 2.58. The zero-order valence-corrected chi connectivity index (χ0v) is 18.1. The van der Waals surface area contributed by atoms with Gasteiger partial charge in [0, 0.05) is 12.8 Å². The normalized spacial score (nSPS) is 11.1. The number of carboxylic acids is 1. The SMILES string of the molecule is CC(C)OC(=O)OCOP(=O)(COC(=O)CCCC(=O)O)OCOC(=O)OC(C)C. The molecular weight excluding hydrogens is 431 g/mol. The molecule has 0 aromatic carbocycles. The number of esters is 1. The third-order valence-electron chi connectivity index (χ3n) is 2.67. The van der Waals surface area contributed by atoms with E-state index in [0.717, 1.165) is 0 Å². The summed E-state index contributed by atoms with van der Waals surface area (Å²) in [5.74, 6) is -1.94. The molecule has 0 aromatic rings. The minimum atomic E-state index is -4.23. The van der Waals surface area contributed by atoms with E-state index in [1.165, 1.54) is 0 Å². The number of hydrogen-bond acceptors (Lipinski definition) is 12. The largest absolute Gasteiger partial charge is 0.510 e. The first kappa shape index (κ1) is 27.6. The molecule has 14 heteroatoms. The number of aliphatic carboxylic acids is 1. The van der Waals surface area contributed by atoms with Gasteiger partial charge in [-0.2, -0.15) is 0 Å². The molecule has 0 aromatic heterocycles. The molecule has 0 aliphatic rings. The fraction of sp³-hybridized carbons (Fsp3) is 0.750. The van der Waals surface area contributed by atoms with Crippen molar-refractivity contribution in [1.29, 1.82) is 0 Å². The molecular formula is C16H27O13P. The van der Waals surface area contributed by atoms with Crippen LogP contribution in [0.15, 0.2) is 0 Å². The highest BCUT2D eigenvalue weighted by molar-refractivity contribution is 7.53. The van der Waals surface area contributed by atoms with Gasteiger partial charge in [-0.1, -0.05) is 0 Å². The Balaban J connectivity index is 4.66. The highest BCUT2D eigenvalue weighted by Gasteiger charge is 2.29. The van der Waals surface area contributed by atoms with Gasteiger partial charge in [0.05, 0.1) is 12.2 Å². The number of carbonyl (C=O) groups is 4. The van der Waals surface area contributed by atoms with Crippen molar-refractivity contribution in [3.63, 3.8) is 0 Å². The van der Waals surface area contributed by atoms with Crippen molar-refractivity contribution in [2.45, 2.75) is 59.2 Å². The summed E-state index contributed by atoms with van der Waals surface area (Å²) in [5, 5.41) is 8.54. The van der Waals surface area contributed by atoms with Crippen LogP contribution >= 0.6 is 7.60 Å². The van der Waals surface area contributed by atoms with Crippen LogP contribution in [0.5, 0.6) is 0 Å². The van der Waals surface area contributed by atoms with E-state index >= 15 is 0 Å². The molecule has 0 amide bonds. The summed E-state index contributed by atoms with van der Waals surface area (Å²) in [4.78, 5) is 44.7. The Morgan fingerprint density at radius 1 is 0.800 bits per heavy atom. The average molecular weight is 458 g/mol. The lowest BCUT2D eigenvalue weighted by Gasteiger charge is -2.18. The molecule has 0 bridgehead atoms. The summed E-state index contributed by atoms with van der Waals surface area (Å²) in [7, 11) is -4.23. The second kappa shape index (κ2) is 14.6. The van der Waals surface area contributed by atoms with Gasteiger partial charge in [-0.3, -0.25) is 23.2 Å². The van der Waals surface area contributed by atoms with Gasteiger partial charge in [0.15, 0.2) is 6.35 Å². The van der Waals surface area contributed by atoms with E-state index in [9.17, 15) is 23.7 Å². The van der Waals surface area contributed by atoms with Crippen molar-refractivity contribution in [1.82, 2.24) is 0 Å². The Kier molecular flexibility index (Phi) is 13.4. The van der Waals surface area contributed by atoms with E-state index < -0.39 is 64.0 Å². The summed E-state index contributed by atoms with van der Waals surface area (Å²) in [5.41, 5.74) is 0. The van der Waals surface area contributed by atoms with Crippen LogP contribution in [0.25, 0.3) is 0 Å². The first-order chi connectivity index (χ1) is 13.9. The number of carbonyl (C=O) groups excluding carboxylic acids is 3. The molecule has 0 unspecified atom stereocenters. The molecule has 0 radical (unpaired) electrons. The van der Waals surface area contributed by atoms with E-state index in [1.807, 2.05) is 0 Å². The van der Waals surface area contributed by atoms with Gasteiger partial charge in [-0.25, -0.2) is 9.59 Å². The molecule has 174 valence electrons. The second-order valence-corrected chi connectivity index (χ2v) is 8.12. The quantitative estimate of drug-likeness (QED) is 0.174. The number of ether oxygens (including phenoxy) is 5. The Hall–Kier alpha value is -2.37. The van der Waals surface area contributed by atoms with Gasteiger partial charge >= 0.3 is 31.8 Å². The molecule has 0 heterocycles. The van der Waals surface area contributed by atoms with Crippen LogP contribution in [0.1, 0.15) is 47.0 Å². The topological polar surface area (TPSA) is 170 Å². The van der Waals surface area contributed by atoms with Crippen LogP contribution in [0.3, 0.4) is 0 Å². The lowest BCUT2D eigenvalue weighted by atomic mass is 10.2. The first-order valence-electron chi connectivity index (χ1n) is 8.86. The minimum absolute atomic E-state index is 0.00842. The molecule has 0 saturated carbocycles. The van der Waals surface area contributed by atoms with E-state index in [4.69, 9.17) is 18.9 Å². The summed E-state index contributed by atoms with van der Waals surface area (Å²) >= 11 is 0. The van der Waals surface area contributed by atoms with Crippen molar-refractivity contribution in [3.05, 3.63) is 0 Å². The number of rotatable bonds is 14. The predicted octanol–water partition coefficient (Wildman–Crippen LogP) is 3.01. The van der Waals surface area contributed by atoms with Crippen molar-refractivity contribution in [2.75, 3.05) is 19.9 Å². The molecule has 0 saturated heterocycles. The van der Waals surface area contributed by atoms with E-state index in [1.54, 1.807) is 27.7 Å². The highest BCUT2D eigenvalue weighted by atomic mass is 31.2. The van der Waals surface area contributed by atoms with E-state index in [0.29, 0.717) is 0 Å². The minimum Gasteiger partial charge on any atom is -0.481 e. The van der Waals surface area contributed by atoms with Gasteiger partial charge in [0.1, 0.15) is 0 Å². The molecule has 0 aliphatic heterocycles. The lowest BCUT2D eigenvalue weighted by Crippen LogP contribution is -2.18. The monoisotopic (exact) mass is 458 g/mol.